The number of hydrogen-bond donors (Lipinski definition) is 0. The molecule has 24 heavy (non-hydrogen) atoms. The Kier molecular flexibility index (Phi) is 4.62. The van der Waals surface area contributed by atoms with E-state index < -0.39 is 0 Å². The number of carbonyl (C=O) groups excluding carboxylic acids is 1. The molecule has 0 saturated carbocycles. The molecule has 0 aromatic carbocycles. The zero-order valence-corrected chi connectivity index (χ0v) is 14.6. The summed E-state index contributed by atoms with van der Waals surface area (Å²) in [6, 6.07) is -0.0368. The highest BCUT2D eigenvalue weighted by molar-refractivity contribution is 5.93. The highest BCUT2D eigenvalue weighted by Crippen LogP contribution is 2.34. The fraction of sp³-hybridized carbons (Fsp3) is 0.529. The molecule has 1 aliphatic heterocycles. The summed E-state index contributed by atoms with van der Waals surface area (Å²) in [5.74, 6) is 1.19. The molecule has 3 heterocycles. The predicted octanol–water partition coefficient (Wildman–Crippen LogP) is 2.12. The van der Waals surface area contributed by atoms with Gasteiger partial charge in [0.05, 0.1) is 11.7 Å². The molecule has 1 saturated heterocycles. The van der Waals surface area contributed by atoms with Crippen LogP contribution in [0.4, 0.5) is 0 Å². The summed E-state index contributed by atoms with van der Waals surface area (Å²) in [7, 11) is 4.03. The van der Waals surface area contributed by atoms with E-state index in [0.29, 0.717) is 18.0 Å². The number of carbonyl (C=O) groups is 1. The molecule has 1 amide bonds. The van der Waals surface area contributed by atoms with Crippen LogP contribution in [0.2, 0.25) is 0 Å². The van der Waals surface area contributed by atoms with E-state index in [1.807, 2.05) is 32.1 Å². The van der Waals surface area contributed by atoms with Crippen molar-refractivity contribution in [2.24, 2.45) is 0 Å². The average molecular weight is 329 g/mol. The number of likely N-dealkylation sites (tertiary alicyclic amines) is 1. The van der Waals surface area contributed by atoms with Gasteiger partial charge in [0.15, 0.2) is 12.1 Å². The Labute approximate surface area is 141 Å². The maximum atomic E-state index is 12.9. The van der Waals surface area contributed by atoms with E-state index in [0.717, 1.165) is 36.5 Å². The van der Waals surface area contributed by atoms with Crippen molar-refractivity contribution in [3.63, 3.8) is 0 Å². The first kappa shape index (κ1) is 16.6. The van der Waals surface area contributed by atoms with Crippen LogP contribution in [0.15, 0.2) is 17.0 Å². The smallest absolute Gasteiger partial charge is 0.276 e. The Morgan fingerprint density at radius 1 is 1.38 bits per heavy atom. The van der Waals surface area contributed by atoms with E-state index in [1.165, 1.54) is 6.39 Å². The van der Waals surface area contributed by atoms with Crippen LogP contribution in [0.5, 0.6) is 0 Å². The second-order valence-electron chi connectivity index (χ2n) is 6.48. The van der Waals surface area contributed by atoms with Gasteiger partial charge >= 0.3 is 0 Å². The molecule has 128 valence electrons. The molecule has 0 bridgehead atoms. The van der Waals surface area contributed by atoms with E-state index >= 15 is 0 Å². The summed E-state index contributed by atoms with van der Waals surface area (Å²) in [5, 5.41) is 0. The highest BCUT2D eigenvalue weighted by atomic mass is 16.3. The van der Waals surface area contributed by atoms with Gasteiger partial charge in [0.1, 0.15) is 11.6 Å². The molecule has 1 unspecified atom stereocenters. The summed E-state index contributed by atoms with van der Waals surface area (Å²) in [6.45, 7) is 5.10. The Morgan fingerprint density at radius 3 is 2.83 bits per heavy atom. The largest absolute Gasteiger partial charge is 0.448 e. The van der Waals surface area contributed by atoms with E-state index in [2.05, 4.69) is 19.9 Å². The van der Waals surface area contributed by atoms with Gasteiger partial charge in [-0.05, 0) is 40.8 Å². The lowest BCUT2D eigenvalue weighted by Crippen LogP contribution is -2.32. The highest BCUT2D eigenvalue weighted by Gasteiger charge is 2.35. The van der Waals surface area contributed by atoms with Gasteiger partial charge in [-0.15, -0.1) is 0 Å². The van der Waals surface area contributed by atoms with Crippen LogP contribution in [0, 0.1) is 13.8 Å². The Morgan fingerprint density at radius 2 is 2.17 bits per heavy atom. The lowest BCUT2D eigenvalue weighted by atomic mass is 10.1. The van der Waals surface area contributed by atoms with Crippen LogP contribution in [-0.4, -0.2) is 51.3 Å². The molecular formula is C17H23N5O2. The normalized spacial score (nSPS) is 17.7. The van der Waals surface area contributed by atoms with Crippen molar-refractivity contribution < 1.29 is 9.21 Å². The molecule has 0 N–H and O–H groups in total. The maximum Gasteiger partial charge on any atom is 0.276 e. The second-order valence-corrected chi connectivity index (χ2v) is 6.48. The molecule has 2 aromatic heterocycles. The Balaban J connectivity index is 1.95. The standard InChI is InChI=1S/C17H23N5O2/c1-11-15(19-10-24-11)17(23)22-7-5-6-14(22)16-13(9-21(3)4)8-18-12(2)20-16/h8,10,14H,5-7,9H2,1-4H3. The first-order valence-corrected chi connectivity index (χ1v) is 8.15. The van der Waals surface area contributed by atoms with Crippen molar-refractivity contribution in [2.75, 3.05) is 20.6 Å². The van der Waals surface area contributed by atoms with Gasteiger partial charge < -0.3 is 14.2 Å². The molecule has 0 radical (unpaired) electrons. The van der Waals surface area contributed by atoms with Crippen LogP contribution < -0.4 is 0 Å². The van der Waals surface area contributed by atoms with Gasteiger partial charge in [-0.2, -0.15) is 0 Å². The summed E-state index contributed by atoms with van der Waals surface area (Å²) in [5.41, 5.74) is 2.40. The molecule has 2 aromatic rings. The first-order chi connectivity index (χ1) is 11.5. The fourth-order valence-corrected chi connectivity index (χ4v) is 3.20. The third kappa shape index (κ3) is 3.17. The summed E-state index contributed by atoms with van der Waals surface area (Å²) in [6.07, 6.45) is 5.05. The van der Waals surface area contributed by atoms with Gasteiger partial charge in [0.2, 0.25) is 0 Å². The topological polar surface area (TPSA) is 75.4 Å². The second kappa shape index (κ2) is 6.68. The molecule has 7 nitrogen and oxygen atoms in total. The Bertz CT molecular complexity index is 740. The van der Waals surface area contributed by atoms with E-state index in [9.17, 15) is 4.79 Å². The number of aryl methyl sites for hydroxylation is 2. The van der Waals surface area contributed by atoms with Gasteiger partial charge in [-0.25, -0.2) is 15.0 Å². The third-order valence-corrected chi connectivity index (χ3v) is 4.28. The number of oxazole rings is 1. The first-order valence-electron chi connectivity index (χ1n) is 8.15. The van der Waals surface area contributed by atoms with Crippen molar-refractivity contribution in [3.8, 4) is 0 Å². The van der Waals surface area contributed by atoms with Crippen molar-refractivity contribution in [1.29, 1.82) is 0 Å². The van der Waals surface area contributed by atoms with Gasteiger partial charge in [-0.1, -0.05) is 0 Å². The summed E-state index contributed by atoms with van der Waals surface area (Å²) in [4.78, 5) is 29.9. The van der Waals surface area contributed by atoms with E-state index in [1.54, 1.807) is 6.92 Å². The summed E-state index contributed by atoms with van der Waals surface area (Å²) < 4.78 is 5.19. The lowest BCUT2D eigenvalue weighted by Gasteiger charge is -2.26. The number of aromatic nitrogens is 3. The van der Waals surface area contributed by atoms with Crippen molar-refractivity contribution in [2.45, 2.75) is 39.3 Å². The molecule has 0 spiro atoms. The van der Waals surface area contributed by atoms with Crippen LogP contribution >= 0.6 is 0 Å². The minimum atomic E-state index is -0.0872. The van der Waals surface area contributed by atoms with Crippen molar-refractivity contribution in [1.82, 2.24) is 24.8 Å². The van der Waals surface area contributed by atoms with Crippen LogP contribution in [0.1, 0.15) is 52.2 Å². The Hall–Kier alpha value is -2.28. The molecule has 0 aliphatic carbocycles. The number of amides is 1. The van der Waals surface area contributed by atoms with Crippen molar-refractivity contribution >= 4 is 5.91 Å². The van der Waals surface area contributed by atoms with Gasteiger partial charge in [-0.3, -0.25) is 4.79 Å². The molecule has 3 rings (SSSR count). The van der Waals surface area contributed by atoms with E-state index in [4.69, 9.17) is 4.42 Å². The quantitative estimate of drug-likeness (QED) is 0.855. The minimum absolute atomic E-state index is 0.0368. The fourth-order valence-electron chi connectivity index (χ4n) is 3.20. The molecule has 1 fully saturated rings. The van der Waals surface area contributed by atoms with Gasteiger partial charge in [0.25, 0.3) is 5.91 Å². The lowest BCUT2D eigenvalue weighted by molar-refractivity contribution is 0.0724. The van der Waals surface area contributed by atoms with Crippen LogP contribution in [0.25, 0.3) is 0 Å². The van der Waals surface area contributed by atoms with E-state index in [-0.39, 0.29) is 11.9 Å². The van der Waals surface area contributed by atoms with Gasteiger partial charge in [0, 0.05) is 24.8 Å². The molecule has 1 atom stereocenters. The van der Waals surface area contributed by atoms with Crippen LogP contribution in [-0.2, 0) is 6.54 Å². The third-order valence-electron chi connectivity index (χ3n) is 4.28. The molecule has 7 heteroatoms. The number of rotatable bonds is 4. The average Bonchev–Trinajstić information content (AvgIpc) is 3.16. The monoisotopic (exact) mass is 329 g/mol. The predicted molar refractivity (Wildman–Crippen MR) is 88.4 cm³/mol. The zero-order valence-electron chi connectivity index (χ0n) is 14.6. The van der Waals surface area contributed by atoms with Crippen molar-refractivity contribution in [3.05, 3.63) is 41.1 Å². The zero-order chi connectivity index (χ0) is 17.3. The number of hydrogen-bond acceptors (Lipinski definition) is 6. The molecule has 1 aliphatic rings. The van der Waals surface area contributed by atoms with Crippen LogP contribution in [0.3, 0.4) is 0 Å². The maximum absolute atomic E-state index is 12.9. The number of nitrogens with zero attached hydrogens (tertiary/aromatic N) is 5. The minimum Gasteiger partial charge on any atom is -0.448 e. The summed E-state index contributed by atoms with van der Waals surface area (Å²) >= 11 is 0. The molecular weight excluding hydrogens is 306 g/mol. The SMILES string of the molecule is Cc1ncc(CN(C)C)c(C2CCCN2C(=O)c2ncoc2C)n1.